The van der Waals surface area contributed by atoms with Gasteiger partial charge in [-0.25, -0.2) is 4.98 Å². The van der Waals surface area contributed by atoms with Gasteiger partial charge in [-0.1, -0.05) is 27.7 Å². The van der Waals surface area contributed by atoms with Gasteiger partial charge in [0.25, 0.3) is 5.56 Å². The second kappa shape index (κ2) is 6.81. The molecule has 4 nitrogen and oxygen atoms in total. The van der Waals surface area contributed by atoms with Gasteiger partial charge < -0.3 is 9.97 Å². The Balaban J connectivity index is 0.000000442. The van der Waals surface area contributed by atoms with E-state index in [0.29, 0.717) is 16.9 Å². The zero-order valence-corrected chi connectivity index (χ0v) is 10.0. The summed E-state index contributed by atoms with van der Waals surface area (Å²) in [6.07, 6.45) is 1.70. The van der Waals surface area contributed by atoms with Gasteiger partial charge in [0.05, 0.1) is 5.39 Å². The summed E-state index contributed by atoms with van der Waals surface area (Å²) in [6.45, 7) is 9.75. The number of rotatable bonds is 0. The van der Waals surface area contributed by atoms with Crippen molar-refractivity contribution in [1.29, 1.82) is 0 Å². The number of nitrogens with zero attached hydrogens (tertiary/aromatic N) is 1. The van der Waals surface area contributed by atoms with Crippen LogP contribution in [-0.2, 0) is 0 Å². The summed E-state index contributed by atoms with van der Waals surface area (Å²) in [6, 6.07) is 1.71. The zero-order chi connectivity index (χ0) is 11.8. The van der Waals surface area contributed by atoms with Crippen molar-refractivity contribution in [2.75, 3.05) is 0 Å². The second-order valence-electron chi connectivity index (χ2n) is 2.39. The van der Waals surface area contributed by atoms with E-state index in [1.165, 1.54) is 0 Å². The molecule has 0 aliphatic heterocycles. The highest BCUT2D eigenvalue weighted by Crippen LogP contribution is 2.01. The van der Waals surface area contributed by atoms with Crippen LogP contribution in [0.5, 0.6) is 0 Å². The third-order valence-electron chi connectivity index (χ3n) is 1.54. The third kappa shape index (κ3) is 3.23. The fourth-order valence-corrected chi connectivity index (χ4v) is 1.06. The molecule has 0 spiro atoms. The number of hydrogen-bond donors (Lipinski definition) is 2. The third-order valence-corrected chi connectivity index (χ3v) is 1.54. The maximum absolute atomic E-state index is 11.1. The number of aryl methyl sites for hydroxylation is 1. The molecule has 0 fully saturated rings. The van der Waals surface area contributed by atoms with Gasteiger partial charge in [0, 0.05) is 6.20 Å². The maximum atomic E-state index is 11.1. The molecule has 0 bridgehead atoms. The van der Waals surface area contributed by atoms with E-state index in [9.17, 15) is 4.79 Å². The summed E-state index contributed by atoms with van der Waals surface area (Å²) in [4.78, 5) is 20.7. The normalized spacial score (nSPS) is 8.60. The molecule has 84 valence electrons. The van der Waals surface area contributed by atoms with Crippen molar-refractivity contribution in [2.24, 2.45) is 0 Å². The van der Waals surface area contributed by atoms with E-state index in [1.54, 1.807) is 19.2 Å². The minimum absolute atomic E-state index is 0.0891. The van der Waals surface area contributed by atoms with Crippen LogP contribution >= 0.6 is 0 Å². The molecule has 4 heteroatoms. The van der Waals surface area contributed by atoms with Gasteiger partial charge in [-0.15, -0.1) is 0 Å². The number of hydrogen-bond acceptors (Lipinski definition) is 2. The van der Waals surface area contributed by atoms with Crippen LogP contribution in [0.2, 0.25) is 0 Å². The number of nitrogens with one attached hydrogen (secondary N) is 2. The van der Waals surface area contributed by atoms with Gasteiger partial charge >= 0.3 is 0 Å². The minimum Gasteiger partial charge on any atom is -0.346 e. The predicted octanol–water partition coefficient (Wildman–Crippen LogP) is 2.61. The van der Waals surface area contributed by atoms with Crippen molar-refractivity contribution in [3.8, 4) is 0 Å². The molecule has 15 heavy (non-hydrogen) atoms. The molecule has 0 unspecified atom stereocenters. The highest BCUT2D eigenvalue weighted by Gasteiger charge is 1.99. The summed E-state index contributed by atoms with van der Waals surface area (Å²) in [5.41, 5.74) is 0.556. The number of aromatic amines is 2. The molecule has 0 aliphatic rings. The van der Waals surface area contributed by atoms with E-state index in [4.69, 9.17) is 0 Å². The first-order valence-corrected chi connectivity index (χ1v) is 5.31. The first-order valence-electron chi connectivity index (χ1n) is 5.31. The molecule has 0 amide bonds. The quantitative estimate of drug-likeness (QED) is 0.700. The first kappa shape index (κ1) is 13.4. The molecule has 2 aromatic rings. The Morgan fingerprint density at radius 2 is 1.80 bits per heavy atom. The van der Waals surface area contributed by atoms with E-state index in [1.807, 2.05) is 27.7 Å². The highest BCUT2D eigenvalue weighted by atomic mass is 16.1. The highest BCUT2D eigenvalue weighted by molar-refractivity contribution is 5.73. The first-order chi connectivity index (χ1) is 7.27. The molecular weight excluding hydrogens is 190 g/mol. The Labute approximate surface area is 89.8 Å². The summed E-state index contributed by atoms with van der Waals surface area (Å²) < 4.78 is 0. The van der Waals surface area contributed by atoms with Crippen molar-refractivity contribution < 1.29 is 0 Å². The lowest BCUT2D eigenvalue weighted by Gasteiger charge is -1.90. The molecule has 0 radical (unpaired) electrons. The van der Waals surface area contributed by atoms with Gasteiger partial charge in [-0.2, -0.15) is 0 Å². The van der Waals surface area contributed by atoms with Crippen molar-refractivity contribution in [2.45, 2.75) is 34.6 Å². The van der Waals surface area contributed by atoms with Gasteiger partial charge in [0.2, 0.25) is 0 Å². The van der Waals surface area contributed by atoms with Crippen molar-refractivity contribution in [3.63, 3.8) is 0 Å². The average molecular weight is 209 g/mol. The molecule has 2 rings (SSSR count). The van der Waals surface area contributed by atoms with Crippen LogP contribution in [0.4, 0.5) is 0 Å². The average Bonchev–Trinajstić information content (AvgIpc) is 2.72. The Hall–Kier alpha value is -1.58. The van der Waals surface area contributed by atoms with E-state index < -0.39 is 0 Å². The topological polar surface area (TPSA) is 61.5 Å². The molecule has 2 heterocycles. The van der Waals surface area contributed by atoms with Crippen molar-refractivity contribution in [3.05, 3.63) is 28.4 Å². The SMILES string of the molecule is CC.CC.Cc1nc2[nH]ccc2c(=O)[nH]1. The van der Waals surface area contributed by atoms with E-state index in [-0.39, 0.29) is 5.56 Å². The van der Waals surface area contributed by atoms with Crippen molar-refractivity contribution in [1.82, 2.24) is 15.0 Å². The van der Waals surface area contributed by atoms with Crippen LogP contribution in [0.1, 0.15) is 33.5 Å². The fourth-order valence-electron chi connectivity index (χ4n) is 1.06. The standard InChI is InChI=1S/C7H7N3O.2C2H6/c1-4-9-6-5(2-3-8-6)7(11)10-4;2*1-2/h2-3H,1H3,(H2,8,9,10,11);2*1-2H3. The Kier molecular flexibility index (Phi) is 6.09. The van der Waals surface area contributed by atoms with Gasteiger partial charge in [0.1, 0.15) is 11.5 Å². The lowest BCUT2D eigenvalue weighted by atomic mass is 10.4. The van der Waals surface area contributed by atoms with Gasteiger partial charge in [-0.3, -0.25) is 4.79 Å². The molecule has 0 aromatic carbocycles. The summed E-state index contributed by atoms with van der Waals surface area (Å²) in [5, 5.41) is 0.607. The lowest BCUT2D eigenvalue weighted by Crippen LogP contribution is -2.08. The number of aromatic nitrogens is 3. The summed E-state index contributed by atoms with van der Waals surface area (Å²) in [5.74, 6) is 0.630. The number of H-pyrrole nitrogens is 2. The van der Waals surface area contributed by atoms with Crippen LogP contribution < -0.4 is 5.56 Å². The van der Waals surface area contributed by atoms with Crippen LogP contribution in [0.25, 0.3) is 11.0 Å². The van der Waals surface area contributed by atoms with E-state index in [2.05, 4.69) is 15.0 Å². The Morgan fingerprint density at radius 1 is 1.20 bits per heavy atom. The smallest absolute Gasteiger partial charge is 0.260 e. The second-order valence-corrected chi connectivity index (χ2v) is 2.39. The van der Waals surface area contributed by atoms with Crippen molar-refractivity contribution >= 4 is 11.0 Å². The molecule has 0 atom stereocenters. The molecule has 2 N–H and O–H groups in total. The van der Waals surface area contributed by atoms with E-state index >= 15 is 0 Å². The lowest BCUT2D eigenvalue weighted by molar-refractivity contribution is 1.05. The Bertz CT molecular complexity index is 442. The minimum atomic E-state index is -0.0891. The zero-order valence-electron chi connectivity index (χ0n) is 10.0. The Morgan fingerprint density at radius 3 is 2.40 bits per heavy atom. The summed E-state index contributed by atoms with van der Waals surface area (Å²) >= 11 is 0. The largest absolute Gasteiger partial charge is 0.346 e. The van der Waals surface area contributed by atoms with E-state index in [0.717, 1.165) is 0 Å². The number of fused-ring (bicyclic) bond motifs is 1. The summed E-state index contributed by atoms with van der Waals surface area (Å²) in [7, 11) is 0. The molecule has 2 aromatic heterocycles. The van der Waals surface area contributed by atoms with Crippen LogP contribution in [-0.4, -0.2) is 15.0 Å². The molecule has 0 saturated heterocycles. The van der Waals surface area contributed by atoms with Gasteiger partial charge in [-0.05, 0) is 13.0 Å². The van der Waals surface area contributed by atoms with Crippen LogP contribution in [0, 0.1) is 6.92 Å². The molecular formula is C11H19N3O. The van der Waals surface area contributed by atoms with Crippen LogP contribution in [0.15, 0.2) is 17.1 Å². The van der Waals surface area contributed by atoms with Crippen LogP contribution in [0.3, 0.4) is 0 Å². The fraction of sp³-hybridized carbons (Fsp3) is 0.455. The van der Waals surface area contributed by atoms with Gasteiger partial charge in [0.15, 0.2) is 0 Å². The predicted molar refractivity (Wildman–Crippen MR) is 64.1 cm³/mol. The molecule has 0 aliphatic carbocycles. The maximum Gasteiger partial charge on any atom is 0.260 e. The molecule has 0 saturated carbocycles. The monoisotopic (exact) mass is 209 g/mol.